The van der Waals surface area contributed by atoms with Gasteiger partial charge in [-0.15, -0.1) is 0 Å². The third-order valence-electron chi connectivity index (χ3n) is 1.90. The Bertz CT molecular complexity index is 409. The lowest BCUT2D eigenvalue weighted by Gasteiger charge is -2.01. The van der Waals surface area contributed by atoms with Gasteiger partial charge in [-0.1, -0.05) is 6.92 Å². The molecule has 82 valence electrons. The minimum absolute atomic E-state index is 0.309. The lowest BCUT2D eigenvalue weighted by Crippen LogP contribution is -2.07. The second kappa shape index (κ2) is 3.99. The van der Waals surface area contributed by atoms with E-state index < -0.39 is 28.0 Å². The molecule has 0 saturated carbocycles. The number of aryl methyl sites for hydroxylation is 1. The molecule has 0 unspecified atom stereocenters. The smallest absolute Gasteiger partial charge is 0.356 e. The van der Waals surface area contributed by atoms with Crippen LogP contribution in [-0.2, 0) is 6.54 Å². The molecule has 7 heteroatoms. The molecule has 1 rings (SSSR count). The summed E-state index contributed by atoms with van der Waals surface area (Å²) in [5, 5.41) is 28.6. The van der Waals surface area contributed by atoms with Crippen molar-refractivity contribution in [2.75, 3.05) is 0 Å². The summed E-state index contributed by atoms with van der Waals surface area (Å²) in [5.41, 5.74) is -1.02. The van der Waals surface area contributed by atoms with Gasteiger partial charge in [0.25, 0.3) is 0 Å². The molecule has 0 aliphatic heterocycles. The van der Waals surface area contributed by atoms with Crippen LogP contribution in [0.5, 0.6) is 5.75 Å². The molecule has 7 nitrogen and oxygen atoms in total. The number of aromatic carboxylic acids is 1. The SMILES string of the molecule is CCCn1cc([N+](=O)[O-])c(O)c1C(=O)O. The summed E-state index contributed by atoms with van der Waals surface area (Å²) in [6.07, 6.45) is 1.65. The van der Waals surface area contributed by atoms with Crippen molar-refractivity contribution >= 4 is 11.7 Å². The van der Waals surface area contributed by atoms with E-state index in [0.29, 0.717) is 13.0 Å². The molecular formula is C8H10N2O5. The van der Waals surface area contributed by atoms with Crippen LogP contribution in [0.3, 0.4) is 0 Å². The van der Waals surface area contributed by atoms with Crippen LogP contribution in [0.15, 0.2) is 6.20 Å². The monoisotopic (exact) mass is 214 g/mol. The van der Waals surface area contributed by atoms with Gasteiger partial charge in [0.1, 0.15) is 0 Å². The van der Waals surface area contributed by atoms with E-state index >= 15 is 0 Å². The molecule has 2 N–H and O–H groups in total. The number of nitrogens with zero attached hydrogens (tertiary/aromatic N) is 2. The second-order valence-electron chi connectivity index (χ2n) is 2.97. The molecule has 0 aliphatic carbocycles. The zero-order valence-corrected chi connectivity index (χ0v) is 8.01. The first kappa shape index (κ1) is 11.0. The Morgan fingerprint density at radius 2 is 2.27 bits per heavy atom. The Balaban J connectivity index is 3.32. The van der Waals surface area contributed by atoms with E-state index in [9.17, 15) is 20.0 Å². The normalized spacial score (nSPS) is 10.2. The van der Waals surface area contributed by atoms with Crippen LogP contribution in [0, 0.1) is 10.1 Å². The molecule has 0 spiro atoms. The topological polar surface area (TPSA) is 106 Å². The molecule has 0 radical (unpaired) electrons. The Kier molecular flexibility index (Phi) is 2.93. The van der Waals surface area contributed by atoms with Crippen molar-refractivity contribution in [3.05, 3.63) is 22.0 Å². The van der Waals surface area contributed by atoms with Gasteiger partial charge in [-0.25, -0.2) is 4.79 Å². The fourth-order valence-electron chi connectivity index (χ4n) is 1.31. The molecule has 0 saturated heterocycles. The van der Waals surface area contributed by atoms with Gasteiger partial charge in [-0.05, 0) is 6.42 Å². The lowest BCUT2D eigenvalue weighted by molar-refractivity contribution is -0.385. The molecule has 0 aromatic carbocycles. The zero-order chi connectivity index (χ0) is 11.6. The van der Waals surface area contributed by atoms with Crippen LogP contribution in [-0.4, -0.2) is 25.7 Å². The van der Waals surface area contributed by atoms with Gasteiger partial charge in [-0.2, -0.15) is 0 Å². The molecular weight excluding hydrogens is 204 g/mol. The molecule has 1 aromatic heterocycles. The molecule has 0 amide bonds. The molecule has 0 aliphatic rings. The first-order chi connectivity index (χ1) is 6.99. The highest BCUT2D eigenvalue weighted by atomic mass is 16.6. The quantitative estimate of drug-likeness (QED) is 0.578. The van der Waals surface area contributed by atoms with E-state index in [0.717, 1.165) is 10.8 Å². The molecule has 0 fully saturated rings. The molecule has 0 atom stereocenters. The van der Waals surface area contributed by atoms with E-state index in [-0.39, 0.29) is 0 Å². The van der Waals surface area contributed by atoms with Gasteiger partial charge in [0.05, 0.1) is 11.1 Å². The van der Waals surface area contributed by atoms with Crippen molar-refractivity contribution in [2.45, 2.75) is 19.9 Å². The van der Waals surface area contributed by atoms with Gasteiger partial charge >= 0.3 is 11.7 Å². The molecule has 1 heterocycles. The summed E-state index contributed by atoms with van der Waals surface area (Å²) in [6.45, 7) is 2.11. The van der Waals surface area contributed by atoms with Crippen LogP contribution >= 0.6 is 0 Å². The first-order valence-electron chi connectivity index (χ1n) is 4.28. The maximum absolute atomic E-state index is 10.7. The summed E-state index contributed by atoms with van der Waals surface area (Å²) in [4.78, 5) is 20.4. The van der Waals surface area contributed by atoms with Crippen molar-refractivity contribution in [3.63, 3.8) is 0 Å². The number of rotatable bonds is 4. The standard InChI is InChI=1S/C8H10N2O5/c1-2-3-9-4-5(10(14)15)7(11)6(9)8(12)13/h4,11H,2-3H2,1H3,(H,12,13). The summed E-state index contributed by atoms with van der Waals surface area (Å²) >= 11 is 0. The van der Waals surface area contributed by atoms with Crippen LogP contribution in [0.2, 0.25) is 0 Å². The molecule has 1 aromatic rings. The van der Waals surface area contributed by atoms with Crippen molar-refractivity contribution < 1.29 is 19.9 Å². The fourth-order valence-corrected chi connectivity index (χ4v) is 1.31. The molecule has 0 bridgehead atoms. The highest BCUT2D eigenvalue weighted by molar-refractivity contribution is 5.91. The van der Waals surface area contributed by atoms with Gasteiger partial charge in [0.2, 0.25) is 5.75 Å². The fraction of sp³-hybridized carbons (Fsp3) is 0.375. The third kappa shape index (κ3) is 1.90. The highest BCUT2D eigenvalue weighted by Gasteiger charge is 2.27. The number of carboxylic acids is 1. The van der Waals surface area contributed by atoms with Crippen molar-refractivity contribution in [3.8, 4) is 5.75 Å². The predicted molar refractivity (Wildman–Crippen MR) is 50.0 cm³/mol. The Morgan fingerprint density at radius 1 is 1.67 bits per heavy atom. The van der Waals surface area contributed by atoms with Crippen molar-refractivity contribution in [2.24, 2.45) is 0 Å². The summed E-state index contributed by atoms with van der Waals surface area (Å²) < 4.78 is 1.16. The first-order valence-corrected chi connectivity index (χ1v) is 4.28. The van der Waals surface area contributed by atoms with E-state index in [4.69, 9.17) is 5.11 Å². The number of aromatic nitrogens is 1. The van der Waals surface area contributed by atoms with E-state index in [1.807, 2.05) is 0 Å². The molecule has 15 heavy (non-hydrogen) atoms. The zero-order valence-electron chi connectivity index (χ0n) is 8.01. The van der Waals surface area contributed by atoms with Gasteiger partial charge in [0.15, 0.2) is 5.69 Å². The summed E-state index contributed by atoms with van der Waals surface area (Å²) in [7, 11) is 0. The number of hydrogen-bond acceptors (Lipinski definition) is 4. The van der Waals surface area contributed by atoms with Gasteiger partial charge in [0, 0.05) is 6.54 Å². The van der Waals surface area contributed by atoms with Crippen molar-refractivity contribution in [1.82, 2.24) is 4.57 Å². The third-order valence-corrected chi connectivity index (χ3v) is 1.90. The number of hydrogen-bond donors (Lipinski definition) is 2. The van der Waals surface area contributed by atoms with Crippen LogP contribution in [0.25, 0.3) is 0 Å². The largest absolute Gasteiger partial charge is 0.500 e. The Hall–Kier alpha value is -2.05. The van der Waals surface area contributed by atoms with E-state index in [1.165, 1.54) is 0 Å². The average Bonchev–Trinajstić information content (AvgIpc) is 2.43. The number of nitro groups is 1. The summed E-state index contributed by atoms with van der Waals surface area (Å²) in [5.74, 6) is -2.17. The maximum Gasteiger partial charge on any atom is 0.356 e. The highest BCUT2D eigenvalue weighted by Crippen LogP contribution is 2.31. The number of carboxylic acid groups (broad SMARTS) is 1. The van der Waals surface area contributed by atoms with Crippen molar-refractivity contribution in [1.29, 1.82) is 0 Å². The number of aromatic hydroxyl groups is 1. The van der Waals surface area contributed by atoms with Crippen LogP contribution in [0.1, 0.15) is 23.8 Å². The van der Waals surface area contributed by atoms with Crippen LogP contribution < -0.4 is 0 Å². The maximum atomic E-state index is 10.7. The van der Waals surface area contributed by atoms with Gasteiger partial charge < -0.3 is 14.8 Å². The summed E-state index contributed by atoms with van der Waals surface area (Å²) in [6, 6.07) is 0. The lowest BCUT2D eigenvalue weighted by atomic mass is 10.3. The van der Waals surface area contributed by atoms with Crippen LogP contribution in [0.4, 0.5) is 5.69 Å². The minimum atomic E-state index is -1.38. The number of carbonyl (C=O) groups is 1. The van der Waals surface area contributed by atoms with E-state index in [2.05, 4.69) is 0 Å². The second-order valence-corrected chi connectivity index (χ2v) is 2.97. The van der Waals surface area contributed by atoms with E-state index in [1.54, 1.807) is 6.92 Å². The minimum Gasteiger partial charge on any atom is -0.500 e. The Labute approximate surface area is 84.7 Å². The predicted octanol–water partition coefficient (Wildman–Crippen LogP) is 1.21. The van der Waals surface area contributed by atoms with Gasteiger partial charge in [-0.3, -0.25) is 10.1 Å². The average molecular weight is 214 g/mol. The Morgan fingerprint density at radius 3 is 2.67 bits per heavy atom.